The van der Waals surface area contributed by atoms with Crippen LogP contribution in [-0.2, 0) is 31.6 Å². The van der Waals surface area contributed by atoms with Crippen molar-refractivity contribution < 1.29 is 13.2 Å². The highest BCUT2D eigenvalue weighted by molar-refractivity contribution is 7.80. The van der Waals surface area contributed by atoms with E-state index in [-0.39, 0.29) is 12.0 Å². The molecule has 38 heavy (non-hydrogen) atoms. The lowest BCUT2D eigenvalue weighted by atomic mass is 9.92. The number of halogens is 3. The summed E-state index contributed by atoms with van der Waals surface area (Å²) in [5, 5.41) is 3.33. The van der Waals surface area contributed by atoms with E-state index in [4.69, 9.17) is 12.2 Å². The van der Waals surface area contributed by atoms with Crippen LogP contribution in [0.3, 0.4) is 0 Å². The molecular weight excluding hydrogens is 499 g/mol. The third kappa shape index (κ3) is 8.04. The summed E-state index contributed by atoms with van der Waals surface area (Å²) in [5.41, 5.74) is 7.81. The minimum atomic E-state index is -3.25. The van der Waals surface area contributed by atoms with Gasteiger partial charge in [0.25, 0.3) is 5.92 Å². The molecule has 0 aliphatic rings. The first-order valence-corrected chi connectivity index (χ1v) is 13.7. The van der Waals surface area contributed by atoms with Gasteiger partial charge >= 0.3 is 0 Å². The summed E-state index contributed by atoms with van der Waals surface area (Å²) in [6.07, 6.45) is 5.62. The van der Waals surface area contributed by atoms with E-state index in [1.54, 1.807) is 0 Å². The number of allylic oxidation sites excluding steroid dienone is 1. The van der Waals surface area contributed by atoms with Crippen LogP contribution in [0, 0.1) is 19.7 Å². The molecule has 0 bridgehead atoms. The lowest BCUT2D eigenvalue weighted by Gasteiger charge is -2.20. The minimum absolute atomic E-state index is 0.0517. The maximum atomic E-state index is 14.8. The molecule has 0 aliphatic carbocycles. The minimum Gasteiger partial charge on any atom is -0.349 e. The summed E-state index contributed by atoms with van der Waals surface area (Å²) in [4.78, 5) is 0.403. The monoisotopic (exact) mass is 537 g/mol. The Morgan fingerprint density at radius 3 is 2.26 bits per heavy atom. The number of hydrogen-bond donors (Lipinski definition) is 1. The third-order valence-electron chi connectivity index (χ3n) is 6.92. The highest BCUT2D eigenvalue weighted by Gasteiger charge is 2.29. The molecule has 1 nitrogen and oxygen atoms in total. The van der Waals surface area contributed by atoms with Gasteiger partial charge in [-0.3, -0.25) is 0 Å². The molecule has 0 aliphatic heterocycles. The lowest BCUT2D eigenvalue weighted by Crippen LogP contribution is -2.18. The van der Waals surface area contributed by atoms with Crippen molar-refractivity contribution in [3.05, 3.63) is 112 Å². The Kier molecular flexibility index (Phi) is 10.3. The van der Waals surface area contributed by atoms with E-state index in [9.17, 15) is 13.2 Å². The second kappa shape index (κ2) is 13.2. The third-order valence-corrected chi connectivity index (χ3v) is 7.17. The van der Waals surface area contributed by atoms with Crippen LogP contribution < -0.4 is 5.32 Å². The molecule has 3 aromatic carbocycles. The van der Waals surface area contributed by atoms with Gasteiger partial charge in [-0.15, -0.1) is 0 Å². The number of nitrogens with one attached hydrogen (secondary N) is 1. The topological polar surface area (TPSA) is 12.0 Å². The Morgan fingerprint density at radius 1 is 0.921 bits per heavy atom. The van der Waals surface area contributed by atoms with Crippen LogP contribution in [0.15, 0.2) is 66.7 Å². The summed E-state index contributed by atoms with van der Waals surface area (Å²) < 4.78 is 42.4. The van der Waals surface area contributed by atoms with E-state index in [2.05, 4.69) is 62.1 Å². The zero-order valence-corrected chi connectivity index (χ0v) is 23.7. The Labute approximate surface area is 231 Å². The number of aryl methyl sites for hydroxylation is 4. The summed E-state index contributed by atoms with van der Waals surface area (Å²) in [7, 11) is 0. The van der Waals surface area contributed by atoms with Crippen molar-refractivity contribution in [2.45, 2.75) is 78.6 Å². The van der Waals surface area contributed by atoms with Crippen molar-refractivity contribution in [2.75, 3.05) is 5.32 Å². The molecule has 5 heteroatoms. The van der Waals surface area contributed by atoms with Gasteiger partial charge in [0, 0.05) is 19.0 Å². The number of thiocarbonyl (C=S) groups is 1. The van der Waals surface area contributed by atoms with Crippen molar-refractivity contribution in [3.63, 3.8) is 0 Å². The number of rotatable bonds is 12. The first-order valence-electron chi connectivity index (χ1n) is 13.3. The predicted octanol–water partition coefficient (Wildman–Crippen LogP) is 9.61. The van der Waals surface area contributed by atoms with Gasteiger partial charge < -0.3 is 5.32 Å². The zero-order valence-electron chi connectivity index (χ0n) is 22.9. The standard InChI is InChI=1S/C33H38F3NS/c1-6-8-28-26(19-14-23(3)13-18-25-16-11-22(2)12-17-25)20-15-24(4)32(28)37-30(38)21-27-9-7-10-29(31(27)34)33(5,35)36/h7,9-12,15-17,20H,3,6,8,13-14,18-19,21H2,1-2,4-5H3,(H,37,38). The van der Waals surface area contributed by atoms with Gasteiger partial charge in [0.05, 0.1) is 10.6 Å². The van der Waals surface area contributed by atoms with Crippen LogP contribution in [0.2, 0.25) is 0 Å². The molecule has 0 aromatic heterocycles. The van der Waals surface area contributed by atoms with Crippen LogP contribution >= 0.6 is 12.2 Å². The highest BCUT2D eigenvalue weighted by Crippen LogP contribution is 2.32. The van der Waals surface area contributed by atoms with Crippen molar-refractivity contribution in [1.82, 2.24) is 0 Å². The first-order chi connectivity index (χ1) is 18.0. The summed E-state index contributed by atoms with van der Waals surface area (Å²) >= 11 is 5.58. The second-order valence-corrected chi connectivity index (χ2v) is 10.8. The molecular formula is C33H38F3NS. The van der Waals surface area contributed by atoms with Crippen LogP contribution in [0.25, 0.3) is 0 Å². The van der Waals surface area contributed by atoms with E-state index in [1.807, 2.05) is 6.92 Å². The molecule has 0 saturated heterocycles. The SMILES string of the molecule is C=C(CCc1ccc(C)cc1)CCc1ccc(C)c(NC(=S)Cc2cccc(C(C)(F)F)c2F)c1CCC. The van der Waals surface area contributed by atoms with Gasteiger partial charge in [0.2, 0.25) is 0 Å². The van der Waals surface area contributed by atoms with Crippen molar-refractivity contribution in [1.29, 1.82) is 0 Å². The van der Waals surface area contributed by atoms with Crippen LogP contribution in [0.1, 0.15) is 72.1 Å². The molecule has 0 spiro atoms. The first kappa shape index (κ1) is 29.6. The Hall–Kier alpha value is -2.92. The van der Waals surface area contributed by atoms with E-state index in [0.29, 0.717) is 11.9 Å². The smallest absolute Gasteiger partial charge is 0.273 e. The Morgan fingerprint density at radius 2 is 1.61 bits per heavy atom. The van der Waals surface area contributed by atoms with Gasteiger partial charge in [-0.05, 0) is 73.8 Å². The molecule has 0 fully saturated rings. The van der Waals surface area contributed by atoms with E-state index in [0.717, 1.165) is 55.8 Å². The summed E-state index contributed by atoms with van der Waals surface area (Å²) in [6, 6.07) is 17.0. The van der Waals surface area contributed by atoms with Gasteiger partial charge in [-0.2, -0.15) is 0 Å². The molecule has 0 unspecified atom stereocenters. The Bertz CT molecular complexity index is 1270. The van der Waals surface area contributed by atoms with E-state index < -0.39 is 17.3 Å². The number of alkyl halides is 2. The molecule has 202 valence electrons. The summed E-state index contributed by atoms with van der Waals surface area (Å²) in [6.45, 7) is 11.3. The molecule has 0 heterocycles. The zero-order chi connectivity index (χ0) is 27.9. The van der Waals surface area contributed by atoms with Crippen molar-refractivity contribution in [3.8, 4) is 0 Å². The fourth-order valence-corrected chi connectivity index (χ4v) is 4.93. The summed E-state index contributed by atoms with van der Waals surface area (Å²) in [5.74, 6) is -4.15. The maximum absolute atomic E-state index is 14.8. The average molecular weight is 538 g/mol. The van der Waals surface area contributed by atoms with Crippen molar-refractivity contribution in [2.24, 2.45) is 0 Å². The average Bonchev–Trinajstić information content (AvgIpc) is 2.86. The van der Waals surface area contributed by atoms with Gasteiger partial charge in [-0.1, -0.05) is 97.9 Å². The molecule has 0 amide bonds. The number of benzene rings is 3. The Balaban J connectivity index is 1.71. The second-order valence-electron chi connectivity index (χ2n) is 10.3. The lowest BCUT2D eigenvalue weighted by molar-refractivity contribution is 0.0136. The normalized spacial score (nSPS) is 11.4. The molecule has 3 rings (SSSR count). The quantitative estimate of drug-likeness (QED) is 0.182. The van der Waals surface area contributed by atoms with E-state index in [1.165, 1.54) is 40.0 Å². The van der Waals surface area contributed by atoms with E-state index >= 15 is 0 Å². The fraction of sp³-hybridized carbons (Fsp3) is 0.364. The van der Waals surface area contributed by atoms with Gasteiger partial charge in [-0.25, -0.2) is 13.2 Å². The highest BCUT2D eigenvalue weighted by atomic mass is 32.1. The van der Waals surface area contributed by atoms with Gasteiger partial charge in [0.1, 0.15) is 5.82 Å². The molecule has 0 radical (unpaired) electrons. The van der Waals surface area contributed by atoms with Crippen LogP contribution in [0.4, 0.5) is 18.9 Å². The number of hydrogen-bond acceptors (Lipinski definition) is 1. The fourth-order valence-electron chi connectivity index (χ4n) is 4.68. The maximum Gasteiger partial charge on any atom is 0.273 e. The van der Waals surface area contributed by atoms with Gasteiger partial charge in [0.15, 0.2) is 0 Å². The van der Waals surface area contributed by atoms with Crippen LogP contribution in [0.5, 0.6) is 0 Å². The predicted molar refractivity (Wildman–Crippen MR) is 158 cm³/mol. The largest absolute Gasteiger partial charge is 0.349 e. The molecule has 1 N–H and O–H groups in total. The van der Waals surface area contributed by atoms with Crippen LogP contribution in [-0.4, -0.2) is 4.99 Å². The van der Waals surface area contributed by atoms with Crippen molar-refractivity contribution >= 4 is 22.9 Å². The molecule has 3 aromatic rings. The molecule has 0 saturated carbocycles. The number of anilines is 1. The molecule has 0 atom stereocenters.